The average molecular weight is 398 g/mol. The van der Waals surface area contributed by atoms with Crippen molar-refractivity contribution in [3.63, 3.8) is 0 Å². The van der Waals surface area contributed by atoms with E-state index < -0.39 is 0 Å². The molecule has 1 amide bonds. The van der Waals surface area contributed by atoms with Gasteiger partial charge in [0.15, 0.2) is 6.61 Å². The van der Waals surface area contributed by atoms with Crippen molar-refractivity contribution in [2.24, 2.45) is 0 Å². The maximum absolute atomic E-state index is 11.9. The molecule has 126 valence electrons. The Kier molecular flexibility index (Phi) is 5.64. The molecule has 2 aromatic carbocycles. The highest BCUT2D eigenvalue weighted by Crippen LogP contribution is 2.20. The molecule has 0 aliphatic rings. The number of hydrogen-bond acceptors (Lipinski definition) is 4. The molecule has 0 bridgehead atoms. The average Bonchev–Trinajstić information content (AvgIpc) is 2.63. The van der Waals surface area contributed by atoms with Crippen LogP contribution < -0.4 is 15.4 Å². The molecule has 0 atom stereocenters. The fourth-order valence-corrected chi connectivity index (χ4v) is 2.52. The number of halogens is 1. The third kappa shape index (κ3) is 5.32. The fraction of sp³-hybridized carbons (Fsp3) is 0.0526. The lowest BCUT2D eigenvalue weighted by atomic mass is 10.3. The SMILES string of the molecule is O=C(COc1ccccc1)Nc1ccc(Nc2cccc(Br)c2)nc1. The van der Waals surface area contributed by atoms with Crippen molar-refractivity contribution >= 4 is 39.0 Å². The van der Waals surface area contributed by atoms with E-state index in [0.29, 0.717) is 17.3 Å². The van der Waals surface area contributed by atoms with E-state index in [2.05, 4.69) is 31.5 Å². The molecule has 0 fully saturated rings. The maximum atomic E-state index is 11.9. The van der Waals surface area contributed by atoms with Crippen LogP contribution in [-0.4, -0.2) is 17.5 Å². The summed E-state index contributed by atoms with van der Waals surface area (Å²) in [6.45, 7) is -0.0535. The van der Waals surface area contributed by atoms with Crippen molar-refractivity contribution in [1.82, 2.24) is 4.98 Å². The molecule has 6 heteroatoms. The number of para-hydroxylation sites is 1. The Bertz CT molecular complexity index is 839. The number of benzene rings is 2. The summed E-state index contributed by atoms with van der Waals surface area (Å²) in [5.41, 5.74) is 1.54. The Morgan fingerprint density at radius 3 is 2.56 bits per heavy atom. The fourth-order valence-electron chi connectivity index (χ4n) is 2.12. The van der Waals surface area contributed by atoms with Gasteiger partial charge in [-0.2, -0.15) is 0 Å². The number of carbonyl (C=O) groups excluding carboxylic acids is 1. The highest BCUT2D eigenvalue weighted by atomic mass is 79.9. The molecule has 3 rings (SSSR count). The summed E-state index contributed by atoms with van der Waals surface area (Å²) >= 11 is 3.43. The van der Waals surface area contributed by atoms with Crippen LogP contribution in [0.1, 0.15) is 0 Å². The molecule has 1 heterocycles. The molecular formula is C19H16BrN3O2. The number of nitrogens with one attached hydrogen (secondary N) is 2. The van der Waals surface area contributed by atoms with Crippen molar-refractivity contribution in [3.05, 3.63) is 77.4 Å². The van der Waals surface area contributed by atoms with Crippen LogP contribution in [0.2, 0.25) is 0 Å². The number of hydrogen-bond donors (Lipinski definition) is 2. The van der Waals surface area contributed by atoms with Gasteiger partial charge in [0.25, 0.3) is 5.91 Å². The lowest BCUT2D eigenvalue weighted by Gasteiger charge is -2.09. The normalized spacial score (nSPS) is 10.1. The van der Waals surface area contributed by atoms with Gasteiger partial charge in [-0.25, -0.2) is 4.98 Å². The molecule has 0 aliphatic carbocycles. The second kappa shape index (κ2) is 8.30. The molecule has 2 N–H and O–H groups in total. The van der Waals surface area contributed by atoms with E-state index in [1.54, 1.807) is 30.5 Å². The Morgan fingerprint density at radius 1 is 1.00 bits per heavy atom. The number of amides is 1. The summed E-state index contributed by atoms with van der Waals surface area (Å²) in [4.78, 5) is 16.2. The van der Waals surface area contributed by atoms with Crippen molar-refractivity contribution in [1.29, 1.82) is 0 Å². The summed E-state index contributed by atoms with van der Waals surface area (Å²) in [6, 6.07) is 20.6. The van der Waals surface area contributed by atoms with Gasteiger partial charge >= 0.3 is 0 Å². The van der Waals surface area contributed by atoms with Crippen molar-refractivity contribution in [2.75, 3.05) is 17.2 Å². The van der Waals surface area contributed by atoms with Gasteiger partial charge in [-0.3, -0.25) is 4.79 Å². The minimum Gasteiger partial charge on any atom is -0.484 e. The molecule has 25 heavy (non-hydrogen) atoms. The van der Waals surface area contributed by atoms with Crippen LogP contribution in [-0.2, 0) is 4.79 Å². The third-order valence-corrected chi connectivity index (χ3v) is 3.75. The molecular weight excluding hydrogens is 382 g/mol. The van der Waals surface area contributed by atoms with E-state index in [4.69, 9.17) is 4.74 Å². The first-order chi connectivity index (χ1) is 12.2. The zero-order valence-corrected chi connectivity index (χ0v) is 14.9. The molecule has 0 spiro atoms. The van der Waals surface area contributed by atoms with Gasteiger partial charge in [-0.15, -0.1) is 0 Å². The van der Waals surface area contributed by atoms with Gasteiger partial charge in [0.2, 0.25) is 0 Å². The van der Waals surface area contributed by atoms with Crippen LogP contribution in [0.3, 0.4) is 0 Å². The summed E-state index contributed by atoms with van der Waals surface area (Å²) in [7, 11) is 0. The molecule has 0 aliphatic heterocycles. The quantitative estimate of drug-likeness (QED) is 0.637. The smallest absolute Gasteiger partial charge is 0.262 e. The van der Waals surface area contributed by atoms with Crippen molar-refractivity contribution in [2.45, 2.75) is 0 Å². The number of rotatable bonds is 6. The number of aromatic nitrogens is 1. The van der Waals surface area contributed by atoms with Gasteiger partial charge in [0.1, 0.15) is 11.6 Å². The van der Waals surface area contributed by atoms with Crippen LogP contribution in [0.4, 0.5) is 17.2 Å². The Morgan fingerprint density at radius 2 is 1.84 bits per heavy atom. The minimum absolute atomic E-state index is 0.0535. The van der Waals surface area contributed by atoms with E-state index in [-0.39, 0.29) is 12.5 Å². The zero-order valence-electron chi connectivity index (χ0n) is 13.3. The van der Waals surface area contributed by atoms with Gasteiger partial charge in [0.05, 0.1) is 11.9 Å². The number of nitrogens with zero attached hydrogens (tertiary/aromatic N) is 1. The summed E-state index contributed by atoms with van der Waals surface area (Å²) in [5, 5.41) is 5.94. The molecule has 0 unspecified atom stereocenters. The van der Waals surface area contributed by atoms with Gasteiger partial charge in [-0.1, -0.05) is 40.2 Å². The van der Waals surface area contributed by atoms with Gasteiger partial charge < -0.3 is 15.4 Å². The molecule has 1 aromatic heterocycles. The zero-order chi connectivity index (χ0) is 17.5. The Labute approximate surface area is 154 Å². The Balaban J connectivity index is 1.52. The van der Waals surface area contributed by atoms with E-state index in [1.807, 2.05) is 42.5 Å². The molecule has 5 nitrogen and oxygen atoms in total. The molecule has 0 radical (unpaired) electrons. The summed E-state index contributed by atoms with van der Waals surface area (Å²) in [6.07, 6.45) is 1.60. The van der Waals surface area contributed by atoms with Crippen LogP contribution in [0.15, 0.2) is 77.4 Å². The van der Waals surface area contributed by atoms with Gasteiger partial charge in [0, 0.05) is 10.2 Å². The standard InChI is InChI=1S/C19H16BrN3O2/c20-14-5-4-6-15(11-14)22-18-10-9-16(12-21-18)23-19(24)13-25-17-7-2-1-3-8-17/h1-12H,13H2,(H,21,22)(H,23,24). The van der Waals surface area contributed by atoms with E-state index in [0.717, 1.165) is 10.2 Å². The topological polar surface area (TPSA) is 63.2 Å². The number of anilines is 3. The number of pyridine rings is 1. The monoisotopic (exact) mass is 397 g/mol. The predicted molar refractivity (Wildman–Crippen MR) is 102 cm³/mol. The van der Waals surface area contributed by atoms with Crippen LogP contribution >= 0.6 is 15.9 Å². The van der Waals surface area contributed by atoms with E-state index in [9.17, 15) is 4.79 Å². The van der Waals surface area contributed by atoms with E-state index in [1.165, 1.54) is 0 Å². The first-order valence-corrected chi connectivity index (χ1v) is 8.45. The Hall–Kier alpha value is -2.86. The first kappa shape index (κ1) is 17.0. The van der Waals surface area contributed by atoms with Crippen molar-refractivity contribution < 1.29 is 9.53 Å². The summed E-state index contributed by atoms with van der Waals surface area (Å²) in [5.74, 6) is 1.11. The van der Waals surface area contributed by atoms with Crippen LogP contribution in [0.25, 0.3) is 0 Å². The largest absolute Gasteiger partial charge is 0.484 e. The second-order valence-electron chi connectivity index (χ2n) is 5.22. The molecule has 3 aromatic rings. The van der Waals surface area contributed by atoms with Crippen LogP contribution in [0.5, 0.6) is 5.75 Å². The lowest BCUT2D eigenvalue weighted by Crippen LogP contribution is -2.20. The van der Waals surface area contributed by atoms with Crippen LogP contribution in [0, 0.1) is 0 Å². The molecule has 0 saturated heterocycles. The molecule has 0 saturated carbocycles. The summed E-state index contributed by atoms with van der Waals surface area (Å²) < 4.78 is 6.39. The lowest BCUT2D eigenvalue weighted by molar-refractivity contribution is -0.118. The van der Waals surface area contributed by atoms with E-state index >= 15 is 0 Å². The second-order valence-corrected chi connectivity index (χ2v) is 6.13. The highest BCUT2D eigenvalue weighted by Gasteiger charge is 2.04. The first-order valence-electron chi connectivity index (χ1n) is 7.65. The predicted octanol–water partition coefficient (Wildman–Crippen LogP) is 4.61. The number of carbonyl (C=O) groups is 1. The third-order valence-electron chi connectivity index (χ3n) is 3.26. The van der Waals surface area contributed by atoms with Crippen molar-refractivity contribution in [3.8, 4) is 5.75 Å². The number of ether oxygens (including phenoxy) is 1. The highest BCUT2D eigenvalue weighted by molar-refractivity contribution is 9.10. The maximum Gasteiger partial charge on any atom is 0.262 e. The minimum atomic E-state index is -0.238. The van der Waals surface area contributed by atoms with Gasteiger partial charge in [-0.05, 0) is 42.5 Å².